The van der Waals surface area contributed by atoms with E-state index >= 15 is 0 Å². The van der Waals surface area contributed by atoms with Crippen molar-refractivity contribution >= 4 is 5.78 Å². The maximum absolute atomic E-state index is 11.8. The van der Waals surface area contributed by atoms with E-state index in [0.717, 1.165) is 18.7 Å². The van der Waals surface area contributed by atoms with Gasteiger partial charge in [-0.05, 0) is 12.8 Å². The maximum atomic E-state index is 11.8. The predicted octanol–water partition coefficient (Wildman–Crippen LogP) is 2.58. The summed E-state index contributed by atoms with van der Waals surface area (Å²) in [5.74, 6) is 1.45. The first-order valence-corrected chi connectivity index (χ1v) is 7.28. The number of Topliss-reactive ketones (excluding diaryl/α,β-unsaturated/α-hetero) is 1. The molecule has 104 valence electrons. The molecule has 1 saturated heterocycles. The van der Waals surface area contributed by atoms with E-state index in [1.807, 2.05) is 0 Å². The molecule has 5 heteroatoms. The Morgan fingerprint density at radius 1 is 1.11 bits per heavy atom. The highest BCUT2D eigenvalue weighted by atomic mass is 16.5. The lowest BCUT2D eigenvalue weighted by Gasteiger charge is -2.17. The van der Waals surface area contributed by atoms with E-state index < -0.39 is 0 Å². The molecule has 5 nitrogen and oxygen atoms in total. The van der Waals surface area contributed by atoms with Crippen molar-refractivity contribution in [3.8, 4) is 0 Å². The number of nitrogens with zero attached hydrogens (tertiary/aromatic N) is 2. The fraction of sp³-hybridized carbons (Fsp3) is 0.786. The topological polar surface area (TPSA) is 65.2 Å². The van der Waals surface area contributed by atoms with Gasteiger partial charge in [-0.15, -0.1) is 0 Å². The minimum Gasteiger partial charge on any atom is -0.380 e. The monoisotopic (exact) mass is 264 g/mol. The van der Waals surface area contributed by atoms with Gasteiger partial charge in [-0.2, -0.15) is 4.98 Å². The number of ketones is 1. The number of hydrogen-bond acceptors (Lipinski definition) is 5. The second-order valence-corrected chi connectivity index (χ2v) is 5.52. The second kappa shape index (κ2) is 5.82. The van der Waals surface area contributed by atoms with Gasteiger partial charge in [0.25, 0.3) is 0 Å². The highest BCUT2D eigenvalue weighted by Crippen LogP contribution is 2.31. The normalized spacial score (nSPS) is 26.3. The summed E-state index contributed by atoms with van der Waals surface area (Å²) in [6, 6.07) is 0. The van der Waals surface area contributed by atoms with Crippen LogP contribution in [-0.2, 0) is 9.53 Å². The third-order valence-corrected chi connectivity index (χ3v) is 4.14. The molecule has 1 aromatic heterocycles. The SMILES string of the molecule is O=C1CCOCC1c1nc(C2CCCCCC2)no1. The van der Waals surface area contributed by atoms with Crippen LogP contribution in [0, 0.1) is 0 Å². The Morgan fingerprint density at radius 3 is 2.63 bits per heavy atom. The van der Waals surface area contributed by atoms with Crippen LogP contribution >= 0.6 is 0 Å². The van der Waals surface area contributed by atoms with E-state index in [9.17, 15) is 4.79 Å². The highest BCUT2D eigenvalue weighted by Gasteiger charge is 2.31. The summed E-state index contributed by atoms with van der Waals surface area (Å²) in [7, 11) is 0. The van der Waals surface area contributed by atoms with Crippen molar-refractivity contribution < 1.29 is 14.1 Å². The lowest BCUT2D eigenvalue weighted by Crippen LogP contribution is -2.25. The van der Waals surface area contributed by atoms with Gasteiger partial charge in [0.15, 0.2) is 5.82 Å². The summed E-state index contributed by atoms with van der Waals surface area (Å²) in [6.45, 7) is 0.893. The molecule has 1 aliphatic heterocycles. The van der Waals surface area contributed by atoms with Crippen LogP contribution in [0.4, 0.5) is 0 Å². The number of ether oxygens (including phenoxy) is 1. The average Bonchev–Trinajstić information content (AvgIpc) is 2.75. The molecule has 0 amide bonds. The van der Waals surface area contributed by atoms with Gasteiger partial charge in [-0.1, -0.05) is 30.8 Å². The van der Waals surface area contributed by atoms with E-state index in [4.69, 9.17) is 9.26 Å². The van der Waals surface area contributed by atoms with Gasteiger partial charge >= 0.3 is 0 Å². The van der Waals surface area contributed by atoms with Crippen LogP contribution in [0.2, 0.25) is 0 Å². The molecule has 19 heavy (non-hydrogen) atoms. The number of rotatable bonds is 2. The zero-order valence-electron chi connectivity index (χ0n) is 11.1. The van der Waals surface area contributed by atoms with Crippen molar-refractivity contribution in [1.82, 2.24) is 10.1 Å². The maximum Gasteiger partial charge on any atom is 0.239 e. The molecule has 0 N–H and O–H groups in total. The molecular formula is C14H20N2O3. The first-order chi connectivity index (χ1) is 9.34. The zero-order valence-corrected chi connectivity index (χ0v) is 11.1. The Balaban J connectivity index is 1.72. The minimum absolute atomic E-state index is 0.155. The van der Waals surface area contributed by atoms with Gasteiger partial charge in [0, 0.05) is 12.3 Å². The van der Waals surface area contributed by atoms with Crippen molar-refractivity contribution in [2.45, 2.75) is 56.8 Å². The summed E-state index contributed by atoms with van der Waals surface area (Å²) in [6.07, 6.45) is 7.79. The fourth-order valence-corrected chi connectivity index (χ4v) is 2.94. The molecule has 1 saturated carbocycles. The molecule has 3 rings (SSSR count). The van der Waals surface area contributed by atoms with Crippen molar-refractivity contribution in [2.24, 2.45) is 0 Å². The zero-order chi connectivity index (χ0) is 13.1. The molecule has 2 fully saturated rings. The fourth-order valence-electron chi connectivity index (χ4n) is 2.94. The highest BCUT2D eigenvalue weighted by molar-refractivity contribution is 5.85. The van der Waals surface area contributed by atoms with E-state index in [2.05, 4.69) is 10.1 Å². The Kier molecular flexibility index (Phi) is 3.92. The van der Waals surface area contributed by atoms with Crippen molar-refractivity contribution in [3.63, 3.8) is 0 Å². The quantitative estimate of drug-likeness (QED) is 0.768. The molecule has 0 radical (unpaired) electrons. The molecule has 2 aliphatic rings. The summed E-state index contributed by atoms with van der Waals surface area (Å²) in [5, 5.41) is 4.10. The summed E-state index contributed by atoms with van der Waals surface area (Å²) >= 11 is 0. The summed E-state index contributed by atoms with van der Waals surface area (Å²) < 4.78 is 10.6. The van der Waals surface area contributed by atoms with Gasteiger partial charge in [-0.3, -0.25) is 4.79 Å². The van der Waals surface area contributed by atoms with E-state index in [1.165, 1.54) is 25.7 Å². The van der Waals surface area contributed by atoms with E-state index in [0.29, 0.717) is 31.4 Å². The van der Waals surface area contributed by atoms with Crippen LogP contribution in [0.15, 0.2) is 4.52 Å². The molecule has 2 heterocycles. The van der Waals surface area contributed by atoms with Crippen molar-refractivity contribution in [1.29, 1.82) is 0 Å². The van der Waals surface area contributed by atoms with Gasteiger partial charge in [0.2, 0.25) is 5.89 Å². The first-order valence-electron chi connectivity index (χ1n) is 7.28. The standard InChI is InChI=1S/C14H20N2O3/c17-12-7-8-18-9-11(12)14-15-13(16-19-14)10-5-3-1-2-4-6-10/h10-11H,1-9H2. The molecule has 0 bridgehead atoms. The summed E-state index contributed by atoms with van der Waals surface area (Å²) in [4.78, 5) is 16.3. The van der Waals surface area contributed by atoms with Gasteiger partial charge in [0.05, 0.1) is 13.2 Å². The third kappa shape index (κ3) is 2.86. The van der Waals surface area contributed by atoms with Crippen LogP contribution in [0.5, 0.6) is 0 Å². The Hall–Kier alpha value is -1.23. The summed E-state index contributed by atoms with van der Waals surface area (Å²) in [5.41, 5.74) is 0. The molecule has 1 aliphatic carbocycles. The molecule has 1 unspecified atom stereocenters. The predicted molar refractivity (Wildman–Crippen MR) is 67.9 cm³/mol. The van der Waals surface area contributed by atoms with E-state index in [-0.39, 0.29) is 11.7 Å². The van der Waals surface area contributed by atoms with Crippen molar-refractivity contribution in [2.75, 3.05) is 13.2 Å². The number of aromatic nitrogens is 2. The smallest absolute Gasteiger partial charge is 0.239 e. The number of carbonyl (C=O) groups is 1. The second-order valence-electron chi connectivity index (χ2n) is 5.52. The minimum atomic E-state index is -0.347. The number of carbonyl (C=O) groups excluding carboxylic acids is 1. The van der Waals surface area contributed by atoms with Crippen LogP contribution in [0.3, 0.4) is 0 Å². The van der Waals surface area contributed by atoms with E-state index in [1.54, 1.807) is 0 Å². The van der Waals surface area contributed by atoms with Crippen LogP contribution < -0.4 is 0 Å². The molecule has 1 aromatic rings. The van der Waals surface area contributed by atoms with Crippen LogP contribution in [-0.4, -0.2) is 29.1 Å². The third-order valence-electron chi connectivity index (χ3n) is 4.14. The lowest BCUT2D eigenvalue weighted by atomic mass is 9.99. The first kappa shape index (κ1) is 12.8. The lowest BCUT2D eigenvalue weighted by molar-refractivity contribution is -0.127. The molecule has 1 atom stereocenters. The number of hydrogen-bond donors (Lipinski definition) is 0. The van der Waals surface area contributed by atoms with Crippen LogP contribution in [0.1, 0.15) is 68.5 Å². The van der Waals surface area contributed by atoms with Gasteiger partial charge in [-0.25, -0.2) is 0 Å². The van der Waals surface area contributed by atoms with Crippen LogP contribution in [0.25, 0.3) is 0 Å². The molecular weight excluding hydrogens is 244 g/mol. The van der Waals surface area contributed by atoms with Gasteiger partial charge in [0.1, 0.15) is 11.7 Å². The molecule has 0 aromatic carbocycles. The van der Waals surface area contributed by atoms with Crippen molar-refractivity contribution in [3.05, 3.63) is 11.7 Å². The largest absolute Gasteiger partial charge is 0.380 e. The van der Waals surface area contributed by atoms with Gasteiger partial charge < -0.3 is 9.26 Å². The average molecular weight is 264 g/mol. The Bertz CT molecular complexity index is 436. The Morgan fingerprint density at radius 2 is 1.89 bits per heavy atom. The Labute approximate surface area is 112 Å². The molecule has 0 spiro atoms.